The number of hydrogen-bond donors (Lipinski definition) is 0. The van der Waals surface area contributed by atoms with Gasteiger partial charge in [-0.1, -0.05) is 72.8 Å². The highest BCUT2D eigenvalue weighted by molar-refractivity contribution is 5.76. The minimum Gasteiger partial charge on any atom is -0.460 e. The van der Waals surface area contributed by atoms with Crippen molar-refractivity contribution in [1.29, 1.82) is 0 Å². The maximum Gasteiger partial charge on any atom is 0.376 e. The third-order valence-corrected chi connectivity index (χ3v) is 17.7. The molecule has 0 saturated heterocycles. The summed E-state index contributed by atoms with van der Waals surface area (Å²) in [5.74, 6) is 2.62. The van der Waals surface area contributed by atoms with Gasteiger partial charge in [0.1, 0.15) is 12.6 Å². The van der Waals surface area contributed by atoms with Gasteiger partial charge in [-0.15, -0.1) is 0 Å². The predicted octanol–water partition coefficient (Wildman–Crippen LogP) is 9.86. The van der Waals surface area contributed by atoms with Crippen molar-refractivity contribution in [3.8, 4) is 0 Å². The summed E-state index contributed by atoms with van der Waals surface area (Å²) in [4.78, 5) is 27.5. The van der Waals surface area contributed by atoms with Crippen molar-refractivity contribution < 1.29 is 28.2 Å². The standard InChI is InChI=1S/C48H72N2O4/c1-10-36(49-28-14-12-15-29-49)42(51)53-32-48-25-20-34(33(3)4)41(48)35-18-19-39-45(7)23-22-40(54-43(52)37(11-2)50-30-16-13-17-31-50)44(5,6)38(45)21-24-47(39,9)46(35,8)26-27-48/h12-14,16-17,28,30-31,34-41H,3,10-11,15,18-27,29,32H2,1-2,4-9H3/q+2/t34?,35?,36?,37?,38?,39?,40-,41?,45-,46+,47+,48+/m0/s1. The summed E-state index contributed by atoms with van der Waals surface area (Å²) >= 11 is 0. The molecule has 0 radical (unpaired) electrons. The number of carbonyl (C=O) groups excluding carboxylic acids is 2. The van der Waals surface area contributed by atoms with Crippen LogP contribution in [0.4, 0.5) is 0 Å². The number of carbonyl (C=O) groups is 2. The number of aromatic nitrogens is 1. The van der Waals surface area contributed by atoms with Gasteiger partial charge in [0.05, 0.1) is 6.61 Å². The Kier molecular flexibility index (Phi) is 10.7. The Balaban J connectivity index is 1.11. The Morgan fingerprint density at radius 2 is 1.56 bits per heavy atom. The predicted molar refractivity (Wildman–Crippen MR) is 215 cm³/mol. The lowest BCUT2D eigenvalue weighted by Gasteiger charge is -2.73. The van der Waals surface area contributed by atoms with E-state index in [1.54, 1.807) is 0 Å². The Labute approximate surface area is 327 Å². The van der Waals surface area contributed by atoms with E-state index >= 15 is 0 Å². The molecule has 2 heterocycles. The molecule has 296 valence electrons. The highest BCUT2D eigenvalue weighted by atomic mass is 16.5. The van der Waals surface area contributed by atoms with Gasteiger partial charge in [-0.2, -0.15) is 4.57 Å². The molecule has 6 heteroatoms. The van der Waals surface area contributed by atoms with Crippen LogP contribution in [-0.4, -0.2) is 48.0 Å². The van der Waals surface area contributed by atoms with Crippen molar-refractivity contribution in [1.82, 2.24) is 0 Å². The molecule has 5 fully saturated rings. The minimum atomic E-state index is -0.292. The van der Waals surface area contributed by atoms with Gasteiger partial charge in [-0.3, -0.25) is 0 Å². The highest BCUT2D eigenvalue weighted by Gasteiger charge is 2.71. The topological polar surface area (TPSA) is 59.5 Å². The Morgan fingerprint density at radius 3 is 2.22 bits per heavy atom. The van der Waals surface area contributed by atoms with Crippen molar-refractivity contribution in [2.45, 2.75) is 157 Å². The molecular formula is C48H72N2O4+2. The molecule has 1 aromatic heterocycles. The van der Waals surface area contributed by atoms with Crippen molar-refractivity contribution >= 4 is 18.2 Å². The minimum absolute atomic E-state index is 0.0376. The van der Waals surface area contributed by atoms with Gasteiger partial charge in [0.2, 0.25) is 6.04 Å². The Bertz CT molecular complexity index is 1650. The molecule has 7 rings (SSSR count). The van der Waals surface area contributed by atoms with Crippen LogP contribution in [0.15, 0.2) is 54.9 Å². The van der Waals surface area contributed by atoms with Crippen molar-refractivity contribution in [2.24, 2.45) is 56.7 Å². The molecule has 0 spiro atoms. The zero-order valence-electron chi connectivity index (χ0n) is 35.1. The van der Waals surface area contributed by atoms with E-state index in [1.165, 1.54) is 44.1 Å². The smallest absolute Gasteiger partial charge is 0.376 e. The quantitative estimate of drug-likeness (QED) is 0.136. The number of ether oxygens (including phenoxy) is 2. The van der Waals surface area contributed by atoms with Gasteiger partial charge in [0.25, 0.3) is 6.04 Å². The largest absolute Gasteiger partial charge is 0.460 e. The third-order valence-electron chi connectivity index (χ3n) is 17.7. The molecule has 5 saturated carbocycles. The first-order valence-corrected chi connectivity index (χ1v) is 21.9. The van der Waals surface area contributed by atoms with Crippen LogP contribution in [0.2, 0.25) is 0 Å². The van der Waals surface area contributed by atoms with E-state index < -0.39 is 0 Å². The molecule has 6 aliphatic rings. The van der Waals surface area contributed by atoms with Crippen LogP contribution in [0.1, 0.15) is 145 Å². The first-order chi connectivity index (χ1) is 25.7. The maximum atomic E-state index is 13.8. The Morgan fingerprint density at radius 1 is 0.815 bits per heavy atom. The second kappa shape index (κ2) is 14.6. The average Bonchev–Trinajstić information content (AvgIpc) is 3.54. The monoisotopic (exact) mass is 741 g/mol. The molecule has 0 amide bonds. The first kappa shape index (κ1) is 39.5. The first-order valence-electron chi connectivity index (χ1n) is 21.9. The van der Waals surface area contributed by atoms with Gasteiger partial charge >= 0.3 is 11.9 Å². The lowest BCUT2D eigenvalue weighted by atomic mass is 9.32. The van der Waals surface area contributed by atoms with Crippen LogP contribution in [0.5, 0.6) is 0 Å². The number of nitrogens with zero attached hydrogens (tertiary/aromatic N) is 2. The summed E-state index contributed by atoms with van der Waals surface area (Å²) in [5.41, 5.74) is 1.92. The van der Waals surface area contributed by atoms with Crippen molar-refractivity contribution in [3.05, 3.63) is 54.9 Å². The van der Waals surface area contributed by atoms with Crippen LogP contribution in [0.25, 0.3) is 0 Å². The van der Waals surface area contributed by atoms with Crippen molar-refractivity contribution in [3.63, 3.8) is 0 Å². The SMILES string of the molecule is C=C(C)C1CC[C@]2(COC(=O)C(CC)[N+]3=CC=CCC3)CC[C@]3(C)C(CCC4[C@@]5(C)CC[C@H](OC(=O)C(CC)[n+]6ccccc6)C(C)(C)C5CC[C@]43C)C12. The van der Waals surface area contributed by atoms with E-state index in [0.29, 0.717) is 42.6 Å². The van der Waals surface area contributed by atoms with Crippen LogP contribution in [-0.2, 0) is 19.1 Å². The maximum absolute atomic E-state index is 13.8. The zero-order valence-corrected chi connectivity index (χ0v) is 35.1. The number of rotatable bonds is 10. The normalized spacial score (nSPS) is 40.5. The van der Waals surface area contributed by atoms with Gasteiger partial charge in [0, 0.05) is 42.2 Å². The van der Waals surface area contributed by atoms with Crippen LogP contribution in [0.3, 0.4) is 0 Å². The zero-order chi connectivity index (χ0) is 38.7. The highest BCUT2D eigenvalue weighted by Crippen LogP contribution is 2.77. The number of pyridine rings is 1. The fourth-order valence-electron chi connectivity index (χ4n) is 14.7. The fraction of sp³-hybridized carbons (Fsp3) is 0.750. The van der Waals surface area contributed by atoms with E-state index in [4.69, 9.17) is 9.47 Å². The van der Waals surface area contributed by atoms with Crippen LogP contribution < -0.4 is 4.57 Å². The van der Waals surface area contributed by atoms with E-state index in [-0.39, 0.29) is 57.2 Å². The summed E-state index contributed by atoms with van der Waals surface area (Å²) < 4.78 is 17.2. The summed E-state index contributed by atoms with van der Waals surface area (Å²) in [5, 5.41) is 0. The molecule has 0 bridgehead atoms. The molecule has 0 N–H and O–H groups in total. The molecule has 5 aliphatic carbocycles. The van der Waals surface area contributed by atoms with E-state index in [9.17, 15) is 9.59 Å². The van der Waals surface area contributed by atoms with E-state index in [1.807, 2.05) is 35.2 Å². The van der Waals surface area contributed by atoms with Crippen molar-refractivity contribution in [2.75, 3.05) is 13.2 Å². The number of esters is 2. The third kappa shape index (κ3) is 6.17. The fourth-order valence-corrected chi connectivity index (χ4v) is 14.7. The molecule has 1 aliphatic heterocycles. The van der Waals surface area contributed by atoms with Crippen LogP contribution >= 0.6 is 0 Å². The summed E-state index contributed by atoms with van der Waals surface area (Å²) in [6.45, 7) is 25.3. The number of hydrogen-bond acceptors (Lipinski definition) is 4. The van der Waals surface area contributed by atoms with Crippen LogP contribution in [0, 0.1) is 56.7 Å². The summed E-state index contributed by atoms with van der Waals surface area (Å²) in [6.07, 6.45) is 24.3. The molecule has 54 heavy (non-hydrogen) atoms. The number of fused-ring (bicyclic) bond motifs is 7. The number of allylic oxidation sites excluding steroid dienone is 2. The van der Waals surface area contributed by atoms with E-state index in [2.05, 4.69) is 84.9 Å². The van der Waals surface area contributed by atoms with Gasteiger partial charge in [-0.25, -0.2) is 14.2 Å². The lowest BCUT2D eigenvalue weighted by molar-refractivity contribution is -0.711. The van der Waals surface area contributed by atoms with Gasteiger partial charge in [-0.05, 0) is 123 Å². The molecule has 0 aromatic carbocycles. The second-order valence-corrected chi connectivity index (χ2v) is 20.2. The van der Waals surface area contributed by atoms with Gasteiger partial charge in [0.15, 0.2) is 18.6 Å². The molecular weight excluding hydrogens is 669 g/mol. The second-order valence-electron chi connectivity index (χ2n) is 20.2. The Hall–Kier alpha value is -2.76. The molecule has 7 unspecified atom stereocenters. The van der Waals surface area contributed by atoms with E-state index in [0.717, 1.165) is 45.1 Å². The molecule has 1 aromatic rings. The molecule has 12 atom stereocenters. The average molecular weight is 741 g/mol. The lowest BCUT2D eigenvalue weighted by Crippen LogP contribution is -2.67. The summed E-state index contributed by atoms with van der Waals surface area (Å²) in [7, 11) is 0. The molecule has 6 nitrogen and oxygen atoms in total. The summed E-state index contributed by atoms with van der Waals surface area (Å²) in [6, 6.07) is 5.47. The van der Waals surface area contributed by atoms with Gasteiger partial charge < -0.3 is 9.47 Å².